The van der Waals surface area contributed by atoms with Gasteiger partial charge < -0.3 is 19.1 Å². The van der Waals surface area contributed by atoms with Crippen molar-refractivity contribution in [3.05, 3.63) is 186 Å². The van der Waals surface area contributed by atoms with Crippen LogP contribution in [0.4, 0.5) is 10.1 Å². The second-order valence-corrected chi connectivity index (χ2v) is 12.4. The molecular weight excluding hydrogens is 633 g/mol. The zero-order chi connectivity index (χ0) is 34.9. The Morgan fingerprint density at radius 1 is 0.760 bits per heavy atom. The van der Waals surface area contributed by atoms with Crippen molar-refractivity contribution in [2.24, 2.45) is 5.41 Å². The van der Waals surface area contributed by atoms with Crippen LogP contribution in [0.3, 0.4) is 0 Å². The zero-order valence-electron chi connectivity index (χ0n) is 27.3. The van der Waals surface area contributed by atoms with E-state index < -0.39 is 53.0 Å². The van der Waals surface area contributed by atoms with E-state index in [-0.39, 0.29) is 17.7 Å². The Morgan fingerprint density at radius 2 is 1.18 bits per heavy atom. The van der Waals surface area contributed by atoms with Crippen LogP contribution in [-0.4, -0.2) is 31.0 Å². The van der Waals surface area contributed by atoms with Crippen molar-refractivity contribution in [2.75, 3.05) is 11.9 Å². The van der Waals surface area contributed by atoms with Crippen LogP contribution in [-0.2, 0) is 34.2 Å². The molecule has 50 heavy (non-hydrogen) atoms. The van der Waals surface area contributed by atoms with Gasteiger partial charge in [-0.3, -0.25) is 14.4 Å². The van der Waals surface area contributed by atoms with E-state index in [9.17, 15) is 4.79 Å². The molecule has 1 fully saturated rings. The second-order valence-electron chi connectivity index (χ2n) is 12.4. The first-order valence-electron chi connectivity index (χ1n) is 16.3. The third-order valence-corrected chi connectivity index (χ3v) is 9.56. The molecule has 7 nitrogen and oxygen atoms in total. The third-order valence-electron chi connectivity index (χ3n) is 9.56. The van der Waals surface area contributed by atoms with Crippen molar-refractivity contribution in [2.45, 2.75) is 30.3 Å². The SMILES string of the molecule is C=C[C@@H]1CC(C(=O)OC(c2ccccc2)c2ccccc2)(C(=O)OC(c2ccccc2)c2ccccc2)[C@]2(O1)C(=O)N(C)c1ccc(F)cc12. The summed E-state index contributed by atoms with van der Waals surface area (Å²) in [5.74, 6) is -3.51. The van der Waals surface area contributed by atoms with Crippen LogP contribution in [0.2, 0.25) is 0 Å². The molecule has 2 heterocycles. The number of hydrogen-bond donors (Lipinski definition) is 0. The van der Waals surface area contributed by atoms with Crippen molar-refractivity contribution >= 4 is 23.5 Å². The van der Waals surface area contributed by atoms with Gasteiger partial charge in [-0.05, 0) is 40.5 Å². The molecular formula is C42H34FNO6. The highest BCUT2D eigenvalue weighted by molar-refractivity contribution is 6.16. The number of carbonyl (C=O) groups is 3. The van der Waals surface area contributed by atoms with E-state index in [1.165, 1.54) is 30.2 Å². The highest BCUT2D eigenvalue weighted by Gasteiger charge is 2.77. The molecule has 0 bridgehead atoms. The summed E-state index contributed by atoms with van der Waals surface area (Å²) < 4.78 is 34.5. The first-order valence-corrected chi connectivity index (χ1v) is 16.3. The number of fused-ring (bicyclic) bond motifs is 2. The van der Waals surface area contributed by atoms with Crippen molar-refractivity contribution < 1.29 is 33.0 Å². The van der Waals surface area contributed by atoms with Crippen LogP contribution >= 0.6 is 0 Å². The van der Waals surface area contributed by atoms with E-state index in [0.717, 1.165) is 6.07 Å². The van der Waals surface area contributed by atoms with Crippen LogP contribution in [0, 0.1) is 11.2 Å². The number of nitrogens with zero attached hydrogens (tertiary/aromatic N) is 1. The molecule has 5 aromatic carbocycles. The van der Waals surface area contributed by atoms with Gasteiger partial charge in [0.15, 0.2) is 12.2 Å². The summed E-state index contributed by atoms with van der Waals surface area (Å²) >= 11 is 0. The number of ether oxygens (including phenoxy) is 3. The van der Waals surface area contributed by atoms with Gasteiger partial charge in [0.1, 0.15) is 5.82 Å². The lowest BCUT2D eigenvalue weighted by atomic mass is 9.67. The average Bonchev–Trinajstić information content (AvgIpc) is 3.63. The molecule has 2 aliphatic rings. The van der Waals surface area contributed by atoms with Crippen molar-refractivity contribution in [3.8, 4) is 0 Å². The van der Waals surface area contributed by atoms with Gasteiger partial charge in [0.2, 0.25) is 11.0 Å². The molecule has 8 heteroatoms. The van der Waals surface area contributed by atoms with Crippen LogP contribution in [0.15, 0.2) is 152 Å². The Labute approximate surface area is 289 Å². The van der Waals surface area contributed by atoms with E-state index in [0.29, 0.717) is 22.3 Å². The summed E-state index contributed by atoms with van der Waals surface area (Å²) in [6.45, 7) is 3.88. The van der Waals surface area contributed by atoms with Crippen molar-refractivity contribution in [1.82, 2.24) is 0 Å². The lowest BCUT2D eigenvalue weighted by Gasteiger charge is -2.38. The summed E-state index contributed by atoms with van der Waals surface area (Å²) in [4.78, 5) is 46.5. The van der Waals surface area contributed by atoms with Gasteiger partial charge in [-0.2, -0.15) is 0 Å². The fourth-order valence-corrected chi connectivity index (χ4v) is 7.14. The minimum Gasteiger partial charge on any atom is -0.452 e. The van der Waals surface area contributed by atoms with E-state index >= 15 is 14.0 Å². The molecule has 1 saturated heterocycles. The highest BCUT2D eigenvalue weighted by atomic mass is 19.1. The smallest absolute Gasteiger partial charge is 0.328 e. The first-order chi connectivity index (χ1) is 24.3. The minimum absolute atomic E-state index is 0.0233. The Bertz CT molecular complexity index is 1860. The number of benzene rings is 5. The van der Waals surface area contributed by atoms with Crippen LogP contribution < -0.4 is 4.90 Å². The fraction of sp³-hybridized carbons (Fsp3) is 0.167. The maximum Gasteiger partial charge on any atom is 0.328 e. The summed E-state index contributed by atoms with van der Waals surface area (Å²) in [5.41, 5.74) is -1.94. The van der Waals surface area contributed by atoms with Crippen molar-refractivity contribution in [1.29, 1.82) is 0 Å². The maximum absolute atomic E-state index is 15.3. The first kappa shape index (κ1) is 32.7. The summed E-state index contributed by atoms with van der Waals surface area (Å²) in [5, 5.41) is 0. The molecule has 2 atom stereocenters. The third kappa shape index (κ3) is 5.29. The van der Waals surface area contributed by atoms with Gasteiger partial charge in [-0.25, -0.2) is 4.39 Å². The standard InChI is InChI=1S/C42H34FNO6/c1-3-33-27-41(42(50-33)34-26-32(43)24-25-35(34)44(2)38(42)45,39(46)48-36(28-16-8-4-9-17-28)29-18-10-5-11-19-29)40(47)49-37(30-20-12-6-13-21-30)31-22-14-7-15-23-31/h3-26,33,36-37H,1,27H2,2H3/t33-,42-/m1/s1. The van der Waals surface area contributed by atoms with Gasteiger partial charge in [0.25, 0.3) is 5.91 Å². The van der Waals surface area contributed by atoms with E-state index in [1.54, 1.807) is 0 Å². The van der Waals surface area contributed by atoms with Crippen LogP contribution in [0.25, 0.3) is 0 Å². The van der Waals surface area contributed by atoms with Crippen LogP contribution in [0.5, 0.6) is 0 Å². The zero-order valence-corrected chi connectivity index (χ0v) is 27.3. The lowest BCUT2D eigenvalue weighted by molar-refractivity contribution is -0.194. The Hall–Kier alpha value is -5.86. The Balaban J connectivity index is 1.44. The molecule has 7 rings (SSSR count). The summed E-state index contributed by atoms with van der Waals surface area (Å²) in [6.07, 6.45) is -1.87. The van der Waals surface area contributed by atoms with Gasteiger partial charge in [-0.15, -0.1) is 6.58 Å². The predicted molar refractivity (Wildman–Crippen MR) is 185 cm³/mol. The predicted octanol–water partition coefficient (Wildman–Crippen LogP) is 7.62. The molecule has 0 saturated carbocycles. The molecule has 1 spiro atoms. The largest absolute Gasteiger partial charge is 0.452 e. The number of carbonyl (C=O) groups excluding carboxylic acids is 3. The monoisotopic (exact) mass is 667 g/mol. The molecule has 250 valence electrons. The number of amides is 1. The molecule has 0 aromatic heterocycles. The molecule has 5 aromatic rings. The van der Waals surface area contributed by atoms with Gasteiger partial charge in [-0.1, -0.05) is 127 Å². The fourth-order valence-electron chi connectivity index (χ4n) is 7.14. The van der Waals surface area contributed by atoms with E-state index in [2.05, 4.69) is 6.58 Å². The Morgan fingerprint density at radius 3 is 1.58 bits per heavy atom. The number of anilines is 1. The average molecular weight is 668 g/mol. The second kappa shape index (κ2) is 13.2. The number of halogens is 1. The number of likely N-dealkylation sites (N-methyl/N-ethyl adjacent to an activating group) is 1. The summed E-state index contributed by atoms with van der Waals surface area (Å²) in [6, 6.07) is 40.1. The molecule has 2 aliphatic heterocycles. The topological polar surface area (TPSA) is 82.1 Å². The van der Waals surface area contributed by atoms with E-state index in [1.807, 2.05) is 121 Å². The van der Waals surface area contributed by atoms with Crippen molar-refractivity contribution in [3.63, 3.8) is 0 Å². The van der Waals surface area contributed by atoms with E-state index in [4.69, 9.17) is 14.2 Å². The van der Waals surface area contributed by atoms with Gasteiger partial charge >= 0.3 is 11.9 Å². The quantitative estimate of drug-likeness (QED) is 0.0914. The van der Waals surface area contributed by atoms with Gasteiger partial charge in [0.05, 0.1) is 11.8 Å². The lowest BCUT2D eigenvalue weighted by Crippen LogP contribution is -2.59. The minimum atomic E-state index is -2.44. The molecule has 0 aliphatic carbocycles. The molecule has 1 amide bonds. The Kier molecular flexibility index (Phi) is 8.64. The molecule has 0 radical (unpaired) electrons. The maximum atomic E-state index is 15.3. The molecule has 0 N–H and O–H groups in total. The highest BCUT2D eigenvalue weighted by Crippen LogP contribution is 2.61. The van der Waals surface area contributed by atoms with Gasteiger partial charge in [0, 0.05) is 19.0 Å². The number of hydrogen-bond acceptors (Lipinski definition) is 6. The van der Waals surface area contributed by atoms with Crippen LogP contribution in [0.1, 0.15) is 46.4 Å². The normalized spacial score (nSPS) is 19.1. The summed E-state index contributed by atoms with van der Waals surface area (Å²) in [7, 11) is 1.49. The number of rotatable bonds is 9. The molecule has 0 unspecified atom stereocenters. The number of esters is 2.